The van der Waals surface area contributed by atoms with Crippen molar-refractivity contribution >= 4 is 5.82 Å². The molecule has 0 atom stereocenters. The van der Waals surface area contributed by atoms with Gasteiger partial charge in [-0.1, -0.05) is 19.3 Å². The molecule has 0 amide bonds. The maximum atomic E-state index is 4.30. The predicted octanol–water partition coefficient (Wildman–Crippen LogP) is 2.85. The number of anilines is 1. The highest BCUT2D eigenvalue weighted by molar-refractivity contribution is 5.37. The molecule has 0 bridgehead atoms. The Hall–Kier alpha value is -1.16. The highest BCUT2D eigenvalue weighted by atomic mass is 15.1. The summed E-state index contributed by atoms with van der Waals surface area (Å²) in [5.41, 5.74) is 0.975. The lowest BCUT2D eigenvalue weighted by atomic mass is 9.94. The predicted molar refractivity (Wildman–Crippen MR) is 79.4 cm³/mol. The standard InChI is InChI=1S/C15H26N4/c1-13-15(18-11-10-16-13)17-9-6-12-19(2)14-7-4-3-5-8-14/h10-11,14H,3-9,12H2,1-2H3,(H,17,18). The summed E-state index contributed by atoms with van der Waals surface area (Å²) < 4.78 is 0. The van der Waals surface area contributed by atoms with Gasteiger partial charge in [-0.3, -0.25) is 4.98 Å². The molecule has 1 aromatic rings. The van der Waals surface area contributed by atoms with Crippen LogP contribution < -0.4 is 5.32 Å². The van der Waals surface area contributed by atoms with Gasteiger partial charge in [-0.15, -0.1) is 0 Å². The van der Waals surface area contributed by atoms with Gasteiger partial charge in [-0.05, 0) is 39.8 Å². The van der Waals surface area contributed by atoms with Crippen molar-refractivity contribution in [2.75, 3.05) is 25.5 Å². The van der Waals surface area contributed by atoms with Crippen molar-refractivity contribution < 1.29 is 0 Å². The molecule has 0 spiro atoms. The summed E-state index contributed by atoms with van der Waals surface area (Å²) in [6.45, 7) is 4.12. The second-order valence-electron chi connectivity index (χ2n) is 5.54. The molecule has 1 saturated carbocycles. The fourth-order valence-electron chi connectivity index (χ4n) is 2.82. The van der Waals surface area contributed by atoms with Crippen molar-refractivity contribution in [2.45, 2.75) is 51.5 Å². The Balaban J connectivity index is 1.65. The van der Waals surface area contributed by atoms with Crippen molar-refractivity contribution in [1.29, 1.82) is 0 Å². The fraction of sp³-hybridized carbons (Fsp3) is 0.733. The summed E-state index contributed by atoms with van der Waals surface area (Å²) in [6, 6.07) is 0.812. The van der Waals surface area contributed by atoms with E-state index in [0.717, 1.165) is 37.1 Å². The Morgan fingerprint density at radius 2 is 1.95 bits per heavy atom. The molecule has 106 valence electrons. The lowest BCUT2D eigenvalue weighted by Crippen LogP contribution is -2.34. The van der Waals surface area contributed by atoms with Gasteiger partial charge in [-0.25, -0.2) is 4.98 Å². The zero-order valence-corrected chi connectivity index (χ0v) is 12.2. The van der Waals surface area contributed by atoms with Crippen LogP contribution in [0.2, 0.25) is 0 Å². The molecular weight excluding hydrogens is 236 g/mol. The number of nitrogens with zero attached hydrogens (tertiary/aromatic N) is 3. The van der Waals surface area contributed by atoms with E-state index in [9.17, 15) is 0 Å². The third-order valence-electron chi connectivity index (χ3n) is 4.06. The van der Waals surface area contributed by atoms with Crippen LogP contribution >= 0.6 is 0 Å². The van der Waals surface area contributed by atoms with E-state index in [1.165, 1.54) is 32.1 Å². The molecule has 19 heavy (non-hydrogen) atoms. The first-order chi connectivity index (χ1) is 9.27. The van der Waals surface area contributed by atoms with Crippen molar-refractivity contribution in [3.8, 4) is 0 Å². The average Bonchev–Trinajstić information content (AvgIpc) is 2.46. The van der Waals surface area contributed by atoms with Crippen LogP contribution in [0.4, 0.5) is 5.82 Å². The van der Waals surface area contributed by atoms with E-state index in [0.29, 0.717) is 0 Å². The van der Waals surface area contributed by atoms with E-state index in [4.69, 9.17) is 0 Å². The molecule has 1 fully saturated rings. The van der Waals surface area contributed by atoms with Gasteiger partial charge in [0.15, 0.2) is 0 Å². The lowest BCUT2D eigenvalue weighted by Gasteiger charge is -2.31. The molecular formula is C15H26N4. The summed E-state index contributed by atoms with van der Waals surface area (Å²) in [5, 5.41) is 3.37. The maximum absolute atomic E-state index is 4.30. The zero-order valence-electron chi connectivity index (χ0n) is 12.2. The van der Waals surface area contributed by atoms with Gasteiger partial charge in [0.05, 0.1) is 5.69 Å². The largest absolute Gasteiger partial charge is 0.369 e. The Labute approximate surface area is 116 Å². The molecule has 4 heteroatoms. The molecule has 1 N–H and O–H groups in total. The third-order valence-corrected chi connectivity index (χ3v) is 4.06. The maximum Gasteiger partial charge on any atom is 0.147 e. The van der Waals surface area contributed by atoms with Gasteiger partial charge in [0.25, 0.3) is 0 Å². The van der Waals surface area contributed by atoms with Gasteiger partial charge in [0.2, 0.25) is 0 Å². The smallest absolute Gasteiger partial charge is 0.147 e. The molecule has 0 saturated heterocycles. The average molecular weight is 262 g/mol. The minimum atomic E-state index is 0.812. The van der Waals surface area contributed by atoms with Crippen LogP contribution in [0.5, 0.6) is 0 Å². The molecule has 0 aromatic carbocycles. The second-order valence-corrected chi connectivity index (χ2v) is 5.54. The minimum Gasteiger partial charge on any atom is -0.369 e. The first-order valence-corrected chi connectivity index (χ1v) is 7.49. The number of hydrogen-bond acceptors (Lipinski definition) is 4. The molecule has 0 aliphatic heterocycles. The molecule has 1 aromatic heterocycles. The van der Waals surface area contributed by atoms with E-state index >= 15 is 0 Å². The normalized spacial score (nSPS) is 16.8. The lowest BCUT2D eigenvalue weighted by molar-refractivity contribution is 0.191. The summed E-state index contributed by atoms with van der Waals surface area (Å²) >= 11 is 0. The Morgan fingerprint density at radius 1 is 1.21 bits per heavy atom. The summed E-state index contributed by atoms with van der Waals surface area (Å²) in [4.78, 5) is 11.1. The van der Waals surface area contributed by atoms with Gasteiger partial charge in [-0.2, -0.15) is 0 Å². The quantitative estimate of drug-likeness (QED) is 0.800. The highest BCUT2D eigenvalue weighted by Crippen LogP contribution is 2.21. The first-order valence-electron chi connectivity index (χ1n) is 7.49. The number of nitrogens with one attached hydrogen (secondary N) is 1. The van der Waals surface area contributed by atoms with Gasteiger partial charge < -0.3 is 10.2 Å². The summed E-state index contributed by atoms with van der Waals surface area (Å²) in [6.07, 6.45) is 11.6. The summed E-state index contributed by atoms with van der Waals surface area (Å²) in [7, 11) is 2.27. The molecule has 1 aliphatic carbocycles. The SMILES string of the molecule is Cc1nccnc1NCCCN(C)C1CCCCC1. The van der Waals surface area contributed by atoms with Crippen molar-refractivity contribution in [3.63, 3.8) is 0 Å². The van der Waals surface area contributed by atoms with Crippen molar-refractivity contribution in [3.05, 3.63) is 18.1 Å². The van der Waals surface area contributed by atoms with E-state index in [2.05, 4.69) is 27.2 Å². The van der Waals surface area contributed by atoms with Crippen LogP contribution in [0.1, 0.15) is 44.2 Å². The van der Waals surface area contributed by atoms with Gasteiger partial charge in [0, 0.05) is 25.0 Å². The number of aryl methyl sites for hydroxylation is 1. The fourth-order valence-corrected chi connectivity index (χ4v) is 2.82. The molecule has 1 aliphatic rings. The van der Waals surface area contributed by atoms with Crippen LogP contribution in [0, 0.1) is 6.92 Å². The molecule has 0 radical (unpaired) electrons. The highest BCUT2D eigenvalue weighted by Gasteiger charge is 2.17. The van der Waals surface area contributed by atoms with Crippen LogP contribution in [0.3, 0.4) is 0 Å². The summed E-state index contributed by atoms with van der Waals surface area (Å²) in [5.74, 6) is 0.919. The molecule has 2 rings (SSSR count). The minimum absolute atomic E-state index is 0.812. The molecule has 4 nitrogen and oxygen atoms in total. The van der Waals surface area contributed by atoms with E-state index in [1.807, 2.05) is 6.92 Å². The van der Waals surface area contributed by atoms with Crippen LogP contribution in [-0.4, -0.2) is 41.0 Å². The van der Waals surface area contributed by atoms with E-state index < -0.39 is 0 Å². The number of aromatic nitrogens is 2. The number of hydrogen-bond donors (Lipinski definition) is 1. The number of rotatable bonds is 6. The van der Waals surface area contributed by atoms with Crippen molar-refractivity contribution in [1.82, 2.24) is 14.9 Å². The van der Waals surface area contributed by atoms with Crippen LogP contribution in [0.15, 0.2) is 12.4 Å². The Bertz CT molecular complexity index is 374. The zero-order chi connectivity index (χ0) is 13.5. The monoisotopic (exact) mass is 262 g/mol. The third kappa shape index (κ3) is 4.46. The molecule has 1 heterocycles. The van der Waals surface area contributed by atoms with E-state index in [1.54, 1.807) is 12.4 Å². The van der Waals surface area contributed by atoms with Gasteiger partial charge >= 0.3 is 0 Å². The Morgan fingerprint density at radius 3 is 2.68 bits per heavy atom. The van der Waals surface area contributed by atoms with Crippen molar-refractivity contribution in [2.24, 2.45) is 0 Å². The second kappa shape index (κ2) is 7.43. The van der Waals surface area contributed by atoms with E-state index in [-0.39, 0.29) is 0 Å². The van der Waals surface area contributed by atoms with Crippen LogP contribution in [0.25, 0.3) is 0 Å². The van der Waals surface area contributed by atoms with Crippen LogP contribution in [-0.2, 0) is 0 Å². The topological polar surface area (TPSA) is 41.1 Å². The van der Waals surface area contributed by atoms with Gasteiger partial charge in [0.1, 0.15) is 5.82 Å². The Kier molecular flexibility index (Phi) is 5.58. The molecule has 0 unspecified atom stereocenters. The first kappa shape index (κ1) is 14.3.